The molecular weight excluding hydrogens is 368 g/mol. The van der Waals surface area contributed by atoms with Crippen LogP contribution in [0.4, 0.5) is 0 Å². The van der Waals surface area contributed by atoms with Gasteiger partial charge in [-0.1, -0.05) is 19.1 Å². The lowest BCUT2D eigenvalue weighted by Gasteiger charge is -2.30. The molecular formula is C23H32N2O4. The maximum absolute atomic E-state index is 12.3. The number of furan rings is 1. The van der Waals surface area contributed by atoms with E-state index in [2.05, 4.69) is 17.1 Å². The fourth-order valence-corrected chi connectivity index (χ4v) is 3.70. The highest BCUT2D eigenvalue weighted by Gasteiger charge is 2.16. The average molecular weight is 401 g/mol. The van der Waals surface area contributed by atoms with Crippen molar-refractivity contribution in [2.45, 2.75) is 39.2 Å². The third kappa shape index (κ3) is 6.53. The minimum atomic E-state index is -0.180. The molecule has 0 spiro atoms. The largest absolute Gasteiger partial charge is 0.493 e. The molecule has 29 heavy (non-hydrogen) atoms. The highest BCUT2D eigenvalue weighted by molar-refractivity contribution is 5.91. The highest BCUT2D eigenvalue weighted by atomic mass is 16.5. The van der Waals surface area contributed by atoms with Crippen molar-refractivity contribution in [1.82, 2.24) is 10.2 Å². The Hall–Kier alpha value is -2.47. The van der Waals surface area contributed by atoms with Crippen molar-refractivity contribution >= 4 is 5.91 Å². The molecule has 0 radical (unpaired) electrons. The number of nitrogens with one attached hydrogen (secondary N) is 1. The predicted octanol–water partition coefficient (Wildman–Crippen LogP) is 4.11. The summed E-state index contributed by atoms with van der Waals surface area (Å²) in [5, 5.41) is 2.94. The first-order valence-corrected chi connectivity index (χ1v) is 10.5. The number of hydrogen-bond donors (Lipinski definition) is 1. The van der Waals surface area contributed by atoms with Crippen LogP contribution in [0.3, 0.4) is 0 Å². The molecule has 0 bridgehead atoms. The Balaban J connectivity index is 1.35. The summed E-state index contributed by atoms with van der Waals surface area (Å²) in [5.74, 6) is 2.84. The van der Waals surface area contributed by atoms with E-state index in [9.17, 15) is 4.79 Å². The van der Waals surface area contributed by atoms with Gasteiger partial charge in [-0.05, 0) is 69.0 Å². The van der Waals surface area contributed by atoms with Crippen LogP contribution in [0.1, 0.15) is 48.9 Å². The lowest BCUT2D eigenvalue weighted by molar-refractivity contribution is 0.0920. The Morgan fingerprint density at radius 2 is 2.03 bits per heavy atom. The second-order valence-electron chi connectivity index (χ2n) is 7.72. The lowest BCUT2D eigenvalue weighted by atomic mass is 10.0. The standard InChI is InChI=1S/C23H32N2O4/c1-18-8-7-15-25(16-18)14-6-5-13-24-23(26)22-12-11-19(29-22)17-28-21-10-4-3-9-20(21)27-2/h3-4,9-12,18H,5-8,13-17H2,1-2H3,(H,24,26). The Morgan fingerprint density at radius 1 is 1.21 bits per heavy atom. The van der Waals surface area contributed by atoms with Crippen molar-refractivity contribution in [2.24, 2.45) is 5.92 Å². The van der Waals surface area contributed by atoms with Gasteiger partial charge in [-0.3, -0.25) is 4.79 Å². The highest BCUT2D eigenvalue weighted by Crippen LogP contribution is 2.26. The van der Waals surface area contributed by atoms with Gasteiger partial charge >= 0.3 is 0 Å². The number of methoxy groups -OCH3 is 1. The van der Waals surface area contributed by atoms with Gasteiger partial charge in [-0.2, -0.15) is 0 Å². The summed E-state index contributed by atoms with van der Waals surface area (Å²) in [4.78, 5) is 14.8. The Labute approximate surface area is 173 Å². The first-order valence-electron chi connectivity index (χ1n) is 10.5. The zero-order chi connectivity index (χ0) is 20.5. The number of piperidine rings is 1. The number of likely N-dealkylation sites (tertiary alicyclic amines) is 1. The number of rotatable bonds is 10. The van der Waals surface area contributed by atoms with Gasteiger partial charge in [0.05, 0.1) is 7.11 Å². The summed E-state index contributed by atoms with van der Waals surface area (Å²) >= 11 is 0. The van der Waals surface area contributed by atoms with Crippen LogP contribution >= 0.6 is 0 Å². The molecule has 2 heterocycles. The molecule has 1 saturated heterocycles. The molecule has 0 saturated carbocycles. The fraction of sp³-hybridized carbons (Fsp3) is 0.522. The summed E-state index contributed by atoms with van der Waals surface area (Å²) < 4.78 is 16.6. The molecule has 1 aliphatic heterocycles. The summed E-state index contributed by atoms with van der Waals surface area (Å²) in [5.41, 5.74) is 0. The number of ether oxygens (including phenoxy) is 2. The molecule has 2 aromatic rings. The first kappa shape index (κ1) is 21.2. The third-order valence-corrected chi connectivity index (χ3v) is 5.25. The molecule has 1 fully saturated rings. The van der Waals surface area contributed by atoms with E-state index in [1.165, 1.54) is 25.9 Å². The van der Waals surface area contributed by atoms with Crippen LogP contribution in [0.25, 0.3) is 0 Å². The van der Waals surface area contributed by atoms with E-state index in [1.54, 1.807) is 19.2 Å². The Morgan fingerprint density at radius 3 is 2.83 bits per heavy atom. The van der Waals surface area contributed by atoms with Crippen molar-refractivity contribution in [3.05, 3.63) is 47.9 Å². The lowest BCUT2D eigenvalue weighted by Crippen LogP contribution is -2.35. The van der Waals surface area contributed by atoms with Crippen LogP contribution in [-0.2, 0) is 6.61 Å². The van der Waals surface area contributed by atoms with Gasteiger partial charge in [0.1, 0.15) is 12.4 Å². The van der Waals surface area contributed by atoms with Gasteiger partial charge in [0.25, 0.3) is 5.91 Å². The summed E-state index contributed by atoms with van der Waals surface area (Å²) in [6.45, 7) is 6.76. The number of unbranched alkanes of at least 4 members (excludes halogenated alkanes) is 1. The number of para-hydroxylation sites is 2. The molecule has 0 aliphatic carbocycles. The van der Waals surface area contributed by atoms with Gasteiger partial charge in [0, 0.05) is 13.1 Å². The second kappa shape index (κ2) is 10.9. The fourth-order valence-electron chi connectivity index (χ4n) is 3.70. The van der Waals surface area contributed by atoms with E-state index in [0.29, 0.717) is 29.6 Å². The number of carbonyl (C=O) groups is 1. The second-order valence-corrected chi connectivity index (χ2v) is 7.72. The minimum absolute atomic E-state index is 0.180. The molecule has 3 rings (SSSR count). The van der Waals surface area contributed by atoms with E-state index >= 15 is 0 Å². The molecule has 1 atom stereocenters. The summed E-state index contributed by atoms with van der Waals surface area (Å²) in [7, 11) is 1.60. The monoisotopic (exact) mass is 400 g/mol. The number of hydrogen-bond acceptors (Lipinski definition) is 5. The van der Waals surface area contributed by atoms with Crippen LogP contribution in [0.15, 0.2) is 40.8 Å². The normalized spacial score (nSPS) is 17.1. The van der Waals surface area contributed by atoms with Crippen molar-refractivity contribution in [2.75, 3.05) is 33.3 Å². The first-order chi connectivity index (χ1) is 14.2. The van der Waals surface area contributed by atoms with Gasteiger partial charge in [0.15, 0.2) is 17.3 Å². The number of benzene rings is 1. The molecule has 1 aliphatic rings. The van der Waals surface area contributed by atoms with Crippen LogP contribution < -0.4 is 14.8 Å². The average Bonchev–Trinajstić information content (AvgIpc) is 3.21. The SMILES string of the molecule is COc1ccccc1OCc1ccc(C(=O)NCCCCN2CCCC(C)C2)o1. The molecule has 6 heteroatoms. The third-order valence-electron chi connectivity index (χ3n) is 5.25. The Kier molecular flexibility index (Phi) is 7.99. The molecule has 6 nitrogen and oxygen atoms in total. The van der Waals surface area contributed by atoms with E-state index in [0.717, 1.165) is 25.3 Å². The molecule has 1 aromatic carbocycles. The van der Waals surface area contributed by atoms with Crippen LogP contribution in [0.5, 0.6) is 11.5 Å². The van der Waals surface area contributed by atoms with Gasteiger partial charge in [-0.15, -0.1) is 0 Å². The van der Waals surface area contributed by atoms with Gasteiger partial charge in [-0.25, -0.2) is 0 Å². The molecule has 1 unspecified atom stereocenters. The zero-order valence-electron chi connectivity index (χ0n) is 17.5. The summed E-state index contributed by atoms with van der Waals surface area (Å²) in [6.07, 6.45) is 4.73. The van der Waals surface area contributed by atoms with Crippen molar-refractivity contribution < 1.29 is 18.7 Å². The quantitative estimate of drug-likeness (QED) is 0.608. The van der Waals surface area contributed by atoms with E-state index in [-0.39, 0.29) is 12.5 Å². The molecule has 1 amide bonds. The maximum atomic E-state index is 12.3. The number of amides is 1. The number of nitrogens with zero attached hydrogens (tertiary/aromatic N) is 1. The maximum Gasteiger partial charge on any atom is 0.286 e. The van der Waals surface area contributed by atoms with Crippen molar-refractivity contribution in [3.63, 3.8) is 0 Å². The topological polar surface area (TPSA) is 63.9 Å². The van der Waals surface area contributed by atoms with Crippen molar-refractivity contribution in [1.29, 1.82) is 0 Å². The molecule has 1 N–H and O–H groups in total. The zero-order valence-corrected chi connectivity index (χ0v) is 17.5. The predicted molar refractivity (Wildman–Crippen MR) is 112 cm³/mol. The van der Waals surface area contributed by atoms with E-state index < -0.39 is 0 Å². The van der Waals surface area contributed by atoms with Crippen LogP contribution in [-0.4, -0.2) is 44.1 Å². The van der Waals surface area contributed by atoms with Gasteiger partial charge < -0.3 is 24.1 Å². The molecule has 158 valence electrons. The Bertz CT molecular complexity index is 774. The number of carbonyl (C=O) groups excluding carboxylic acids is 1. The van der Waals surface area contributed by atoms with Gasteiger partial charge in [0.2, 0.25) is 0 Å². The van der Waals surface area contributed by atoms with Crippen molar-refractivity contribution in [3.8, 4) is 11.5 Å². The minimum Gasteiger partial charge on any atom is -0.493 e. The van der Waals surface area contributed by atoms with Crippen LogP contribution in [0.2, 0.25) is 0 Å². The smallest absolute Gasteiger partial charge is 0.286 e. The van der Waals surface area contributed by atoms with E-state index in [1.807, 2.05) is 24.3 Å². The molecule has 1 aromatic heterocycles. The van der Waals surface area contributed by atoms with Crippen LogP contribution in [0, 0.1) is 5.92 Å². The van der Waals surface area contributed by atoms with E-state index in [4.69, 9.17) is 13.9 Å². The summed E-state index contributed by atoms with van der Waals surface area (Å²) in [6, 6.07) is 10.9.